The second-order valence-corrected chi connectivity index (χ2v) is 4.99. The number of benzene rings is 2. The lowest BCUT2D eigenvalue weighted by molar-refractivity contribution is -0.384. The zero-order chi connectivity index (χ0) is 14.7. The summed E-state index contributed by atoms with van der Waals surface area (Å²) in [6, 6.07) is 10.6. The number of hydrogen-bond acceptors (Lipinski definition) is 3. The van der Waals surface area contributed by atoms with Gasteiger partial charge in [-0.1, -0.05) is 35.3 Å². The van der Waals surface area contributed by atoms with Crippen LogP contribution < -0.4 is 0 Å². The van der Waals surface area contributed by atoms with Crippen LogP contribution in [-0.4, -0.2) is 10.7 Å². The molecule has 20 heavy (non-hydrogen) atoms. The zero-order valence-electron chi connectivity index (χ0n) is 10.2. The van der Waals surface area contributed by atoms with Gasteiger partial charge in [0, 0.05) is 29.1 Å². The van der Waals surface area contributed by atoms with E-state index in [2.05, 4.69) is 0 Å². The fourth-order valence-electron chi connectivity index (χ4n) is 1.72. The Morgan fingerprint density at radius 1 is 1.10 bits per heavy atom. The monoisotopic (exact) mass is 309 g/mol. The molecule has 0 radical (unpaired) electrons. The van der Waals surface area contributed by atoms with Crippen LogP contribution in [0.5, 0.6) is 0 Å². The Labute approximate surface area is 125 Å². The first-order valence-electron chi connectivity index (χ1n) is 5.69. The van der Waals surface area contributed by atoms with Crippen LogP contribution in [0.3, 0.4) is 0 Å². The fourth-order valence-corrected chi connectivity index (χ4v) is 2.07. The summed E-state index contributed by atoms with van der Waals surface area (Å²) in [5, 5.41) is 11.5. The second-order valence-electron chi connectivity index (χ2n) is 4.15. The second kappa shape index (κ2) is 6.03. The van der Waals surface area contributed by atoms with E-state index in [1.165, 1.54) is 18.2 Å². The molecule has 0 saturated carbocycles. The van der Waals surface area contributed by atoms with E-state index in [1.807, 2.05) is 0 Å². The highest BCUT2D eigenvalue weighted by Crippen LogP contribution is 2.23. The highest BCUT2D eigenvalue weighted by molar-refractivity contribution is 6.34. The summed E-state index contributed by atoms with van der Waals surface area (Å²) in [5.41, 5.74) is 0.756. The van der Waals surface area contributed by atoms with Crippen molar-refractivity contribution in [2.75, 3.05) is 0 Å². The average Bonchev–Trinajstić information content (AvgIpc) is 2.41. The van der Waals surface area contributed by atoms with Crippen LogP contribution in [0, 0.1) is 10.1 Å². The van der Waals surface area contributed by atoms with Gasteiger partial charge in [0.25, 0.3) is 5.69 Å². The number of hydrogen-bond donors (Lipinski definition) is 0. The smallest absolute Gasteiger partial charge is 0.270 e. The summed E-state index contributed by atoms with van der Waals surface area (Å²) in [7, 11) is 0. The standard InChI is InChI=1S/C14H9Cl2NO3/c15-10-3-1-9(2-4-10)7-14(18)12-8-11(17(19)20)5-6-13(12)16/h1-6,8H,7H2. The lowest BCUT2D eigenvalue weighted by Crippen LogP contribution is -2.05. The molecule has 0 bridgehead atoms. The predicted octanol–water partition coefficient (Wildman–Crippen LogP) is 4.33. The van der Waals surface area contributed by atoms with Crippen LogP contribution in [0.15, 0.2) is 42.5 Å². The van der Waals surface area contributed by atoms with E-state index in [4.69, 9.17) is 23.2 Å². The molecule has 4 nitrogen and oxygen atoms in total. The van der Waals surface area contributed by atoms with E-state index in [1.54, 1.807) is 24.3 Å². The van der Waals surface area contributed by atoms with Crippen molar-refractivity contribution in [2.45, 2.75) is 6.42 Å². The van der Waals surface area contributed by atoms with Crippen molar-refractivity contribution in [2.24, 2.45) is 0 Å². The maximum Gasteiger partial charge on any atom is 0.270 e. The summed E-state index contributed by atoms with van der Waals surface area (Å²) in [6.45, 7) is 0. The number of ketones is 1. The highest BCUT2D eigenvalue weighted by atomic mass is 35.5. The minimum absolute atomic E-state index is 0.109. The molecule has 0 aromatic heterocycles. The van der Waals surface area contributed by atoms with Gasteiger partial charge in [-0.25, -0.2) is 0 Å². The fraction of sp³-hybridized carbons (Fsp3) is 0.0714. The number of halogens is 2. The van der Waals surface area contributed by atoms with Gasteiger partial charge < -0.3 is 0 Å². The van der Waals surface area contributed by atoms with Gasteiger partial charge >= 0.3 is 0 Å². The van der Waals surface area contributed by atoms with Gasteiger partial charge in [0.15, 0.2) is 5.78 Å². The minimum Gasteiger partial charge on any atom is -0.294 e. The third-order valence-corrected chi connectivity index (χ3v) is 3.32. The van der Waals surface area contributed by atoms with Crippen LogP contribution in [0.4, 0.5) is 5.69 Å². The third-order valence-electron chi connectivity index (χ3n) is 2.74. The lowest BCUT2D eigenvalue weighted by Gasteiger charge is -2.04. The minimum atomic E-state index is -0.560. The normalized spacial score (nSPS) is 10.3. The van der Waals surface area contributed by atoms with Crippen LogP contribution in [0.1, 0.15) is 15.9 Å². The Kier molecular flexibility index (Phi) is 4.37. The lowest BCUT2D eigenvalue weighted by atomic mass is 10.0. The van der Waals surface area contributed by atoms with E-state index >= 15 is 0 Å². The first-order valence-corrected chi connectivity index (χ1v) is 6.44. The number of Topliss-reactive ketones (excluding diaryl/α,β-unsaturated/α-hetero) is 1. The Morgan fingerprint density at radius 3 is 2.35 bits per heavy atom. The summed E-state index contributed by atoms with van der Waals surface area (Å²) in [4.78, 5) is 22.3. The highest BCUT2D eigenvalue weighted by Gasteiger charge is 2.16. The molecule has 0 saturated heterocycles. The molecule has 102 valence electrons. The first kappa shape index (κ1) is 14.5. The van der Waals surface area contributed by atoms with Crippen molar-refractivity contribution in [1.82, 2.24) is 0 Å². The molecule has 0 aliphatic carbocycles. The van der Waals surface area contributed by atoms with Gasteiger partial charge in [-0.05, 0) is 23.8 Å². The molecule has 2 rings (SSSR count). The maximum absolute atomic E-state index is 12.2. The van der Waals surface area contributed by atoms with Crippen molar-refractivity contribution in [3.8, 4) is 0 Å². The van der Waals surface area contributed by atoms with E-state index in [-0.39, 0.29) is 28.5 Å². The molecule has 0 spiro atoms. The van der Waals surface area contributed by atoms with E-state index in [9.17, 15) is 14.9 Å². The van der Waals surface area contributed by atoms with Crippen molar-refractivity contribution in [3.63, 3.8) is 0 Å². The third kappa shape index (κ3) is 3.35. The number of nitrogens with zero attached hydrogens (tertiary/aromatic N) is 1. The van der Waals surface area contributed by atoms with Crippen LogP contribution >= 0.6 is 23.2 Å². The van der Waals surface area contributed by atoms with E-state index in [0.29, 0.717) is 5.02 Å². The number of carbonyl (C=O) groups is 1. The van der Waals surface area contributed by atoms with Crippen molar-refractivity contribution in [3.05, 3.63) is 73.8 Å². The van der Waals surface area contributed by atoms with Crippen molar-refractivity contribution in [1.29, 1.82) is 0 Å². The molecule has 0 aliphatic heterocycles. The summed E-state index contributed by atoms with van der Waals surface area (Å²) >= 11 is 11.7. The van der Waals surface area contributed by atoms with Gasteiger partial charge in [-0.2, -0.15) is 0 Å². The predicted molar refractivity (Wildman–Crippen MR) is 77.6 cm³/mol. The molecular formula is C14H9Cl2NO3. The largest absolute Gasteiger partial charge is 0.294 e. The number of nitro benzene ring substituents is 1. The Morgan fingerprint density at radius 2 is 1.75 bits per heavy atom. The zero-order valence-corrected chi connectivity index (χ0v) is 11.7. The SMILES string of the molecule is O=C(Cc1ccc(Cl)cc1)c1cc([N+](=O)[O-])ccc1Cl. The molecule has 0 fully saturated rings. The molecule has 0 unspecified atom stereocenters. The van der Waals surface area contributed by atoms with Gasteiger partial charge in [0.1, 0.15) is 0 Å². The summed E-state index contributed by atoms with van der Waals surface area (Å²) in [6.07, 6.45) is 0.109. The Hall–Kier alpha value is -1.91. The molecule has 0 heterocycles. The molecule has 0 amide bonds. The van der Waals surface area contributed by atoms with Gasteiger partial charge in [0.05, 0.1) is 9.95 Å². The molecular weight excluding hydrogens is 301 g/mol. The van der Waals surface area contributed by atoms with Crippen LogP contribution in [0.2, 0.25) is 10.0 Å². The number of carbonyl (C=O) groups excluding carboxylic acids is 1. The van der Waals surface area contributed by atoms with E-state index < -0.39 is 4.92 Å². The molecule has 0 atom stereocenters. The van der Waals surface area contributed by atoms with Crippen LogP contribution in [-0.2, 0) is 6.42 Å². The van der Waals surface area contributed by atoms with Gasteiger partial charge in [0.2, 0.25) is 0 Å². The average molecular weight is 310 g/mol. The first-order chi connectivity index (χ1) is 9.47. The van der Waals surface area contributed by atoms with Gasteiger partial charge in [-0.3, -0.25) is 14.9 Å². The molecule has 0 aliphatic rings. The molecule has 6 heteroatoms. The summed E-state index contributed by atoms with van der Waals surface area (Å²) in [5.74, 6) is -0.277. The number of non-ortho nitro benzene ring substituents is 1. The molecule has 2 aromatic rings. The molecule has 2 aromatic carbocycles. The molecule has 0 N–H and O–H groups in total. The summed E-state index contributed by atoms with van der Waals surface area (Å²) < 4.78 is 0. The van der Waals surface area contributed by atoms with Crippen LogP contribution in [0.25, 0.3) is 0 Å². The number of nitro groups is 1. The van der Waals surface area contributed by atoms with Crippen molar-refractivity contribution < 1.29 is 9.72 Å². The van der Waals surface area contributed by atoms with E-state index in [0.717, 1.165) is 5.56 Å². The Balaban J connectivity index is 2.26. The topological polar surface area (TPSA) is 60.2 Å². The quantitative estimate of drug-likeness (QED) is 0.480. The Bertz CT molecular complexity index is 669. The number of rotatable bonds is 4. The maximum atomic E-state index is 12.2. The van der Waals surface area contributed by atoms with Gasteiger partial charge in [-0.15, -0.1) is 0 Å². The van der Waals surface area contributed by atoms with Crippen molar-refractivity contribution >= 4 is 34.7 Å².